The summed E-state index contributed by atoms with van der Waals surface area (Å²) in [4.78, 5) is 34.5. The Kier molecular flexibility index (Phi) is 5.98. The molecular weight excluding hydrogens is 260 g/mol. The van der Waals surface area contributed by atoms with Crippen LogP contribution in [0, 0.1) is 5.92 Å². The van der Waals surface area contributed by atoms with Gasteiger partial charge in [0.25, 0.3) is 0 Å². The summed E-state index contributed by atoms with van der Waals surface area (Å²) in [6, 6.07) is 0. The van der Waals surface area contributed by atoms with Crippen molar-refractivity contribution in [1.29, 1.82) is 0 Å². The maximum atomic E-state index is 11.7. The zero-order valence-electron chi connectivity index (χ0n) is 12.2. The van der Waals surface area contributed by atoms with Gasteiger partial charge in [-0.2, -0.15) is 0 Å². The predicted octanol–water partition coefficient (Wildman–Crippen LogP) is 1.05. The minimum absolute atomic E-state index is 0.00629. The molecule has 1 atom stereocenters. The molecule has 1 rings (SSSR count). The van der Waals surface area contributed by atoms with Gasteiger partial charge in [-0.3, -0.25) is 9.59 Å². The number of amides is 2. The smallest absolute Gasteiger partial charge is 0.329 e. The molecule has 0 aliphatic heterocycles. The van der Waals surface area contributed by atoms with Crippen LogP contribution in [0.1, 0.15) is 52.4 Å². The average molecular weight is 284 g/mol. The molecule has 0 aromatic heterocycles. The minimum atomic E-state index is -1.24. The lowest BCUT2D eigenvalue weighted by molar-refractivity contribution is -0.147. The molecule has 0 saturated heterocycles. The fraction of sp³-hybridized carbons (Fsp3) is 0.786. The molecule has 0 aromatic carbocycles. The van der Waals surface area contributed by atoms with Crippen molar-refractivity contribution in [2.75, 3.05) is 6.54 Å². The summed E-state index contributed by atoms with van der Waals surface area (Å²) < 4.78 is 0. The molecule has 0 spiro atoms. The fourth-order valence-corrected chi connectivity index (χ4v) is 2.29. The average Bonchev–Trinajstić information content (AvgIpc) is 2.92. The van der Waals surface area contributed by atoms with Gasteiger partial charge < -0.3 is 15.7 Å². The van der Waals surface area contributed by atoms with Gasteiger partial charge in [0.15, 0.2) is 0 Å². The van der Waals surface area contributed by atoms with Crippen molar-refractivity contribution in [3.8, 4) is 0 Å². The molecule has 20 heavy (non-hydrogen) atoms. The summed E-state index contributed by atoms with van der Waals surface area (Å²) in [6.07, 6.45) is 4.43. The molecule has 3 N–H and O–H groups in total. The van der Waals surface area contributed by atoms with Crippen LogP contribution in [-0.2, 0) is 14.4 Å². The molecule has 1 aliphatic carbocycles. The van der Waals surface area contributed by atoms with Crippen molar-refractivity contribution in [3.05, 3.63) is 0 Å². The van der Waals surface area contributed by atoms with E-state index in [-0.39, 0.29) is 30.7 Å². The van der Waals surface area contributed by atoms with E-state index >= 15 is 0 Å². The van der Waals surface area contributed by atoms with E-state index < -0.39 is 11.5 Å². The molecule has 1 aliphatic rings. The van der Waals surface area contributed by atoms with E-state index in [4.69, 9.17) is 5.11 Å². The highest BCUT2D eigenvalue weighted by Gasteiger charge is 2.32. The highest BCUT2D eigenvalue weighted by Crippen LogP contribution is 2.24. The van der Waals surface area contributed by atoms with Crippen LogP contribution in [0.4, 0.5) is 0 Å². The molecule has 2 amide bonds. The summed E-state index contributed by atoms with van der Waals surface area (Å²) in [5.74, 6) is -1.32. The monoisotopic (exact) mass is 284 g/mol. The number of carbonyl (C=O) groups is 3. The Balaban J connectivity index is 2.29. The van der Waals surface area contributed by atoms with Gasteiger partial charge >= 0.3 is 5.97 Å². The summed E-state index contributed by atoms with van der Waals surface area (Å²) in [6.45, 7) is 3.43. The lowest BCUT2D eigenvalue weighted by Gasteiger charge is -2.24. The van der Waals surface area contributed by atoms with E-state index in [1.807, 2.05) is 0 Å². The Hall–Kier alpha value is -1.59. The van der Waals surface area contributed by atoms with Gasteiger partial charge in [0.1, 0.15) is 5.54 Å². The summed E-state index contributed by atoms with van der Waals surface area (Å²) >= 11 is 0. The van der Waals surface area contributed by atoms with E-state index in [1.165, 1.54) is 6.92 Å². The number of rotatable bonds is 7. The second-order valence-electron chi connectivity index (χ2n) is 5.56. The van der Waals surface area contributed by atoms with Crippen molar-refractivity contribution >= 4 is 17.8 Å². The first-order valence-corrected chi connectivity index (χ1v) is 7.21. The van der Waals surface area contributed by atoms with Crippen LogP contribution >= 0.6 is 0 Å². The van der Waals surface area contributed by atoms with E-state index in [1.54, 1.807) is 6.92 Å². The Morgan fingerprint density at radius 3 is 2.35 bits per heavy atom. The Morgan fingerprint density at radius 2 is 1.85 bits per heavy atom. The first-order chi connectivity index (χ1) is 9.39. The van der Waals surface area contributed by atoms with E-state index in [9.17, 15) is 14.4 Å². The lowest BCUT2D eigenvalue weighted by Crippen LogP contribution is -2.52. The van der Waals surface area contributed by atoms with E-state index in [0.717, 1.165) is 25.7 Å². The van der Waals surface area contributed by atoms with Crippen molar-refractivity contribution in [2.45, 2.75) is 57.9 Å². The second kappa shape index (κ2) is 7.26. The molecule has 6 nitrogen and oxygen atoms in total. The van der Waals surface area contributed by atoms with Crippen LogP contribution in [-0.4, -0.2) is 35.0 Å². The van der Waals surface area contributed by atoms with Gasteiger partial charge in [0.2, 0.25) is 11.8 Å². The van der Waals surface area contributed by atoms with Crippen molar-refractivity contribution < 1.29 is 19.5 Å². The Morgan fingerprint density at radius 1 is 1.25 bits per heavy atom. The second-order valence-corrected chi connectivity index (χ2v) is 5.56. The summed E-state index contributed by atoms with van der Waals surface area (Å²) in [7, 11) is 0. The molecule has 1 unspecified atom stereocenters. The van der Waals surface area contributed by atoms with Gasteiger partial charge in [0.05, 0.1) is 0 Å². The van der Waals surface area contributed by atoms with E-state index in [0.29, 0.717) is 6.42 Å². The summed E-state index contributed by atoms with van der Waals surface area (Å²) in [5, 5.41) is 14.3. The largest absolute Gasteiger partial charge is 0.480 e. The number of hydrogen-bond donors (Lipinski definition) is 3. The molecule has 0 radical (unpaired) electrons. The van der Waals surface area contributed by atoms with Crippen molar-refractivity contribution in [1.82, 2.24) is 10.6 Å². The highest BCUT2D eigenvalue weighted by molar-refractivity contribution is 5.87. The molecule has 1 saturated carbocycles. The van der Waals surface area contributed by atoms with Crippen LogP contribution in [0.2, 0.25) is 0 Å². The first kappa shape index (κ1) is 16.5. The van der Waals surface area contributed by atoms with Crippen LogP contribution in [0.15, 0.2) is 0 Å². The molecule has 0 bridgehead atoms. The van der Waals surface area contributed by atoms with Crippen LogP contribution in [0.3, 0.4) is 0 Å². The molecule has 1 fully saturated rings. The number of carbonyl (C=O) groups excluding carboxylic acids is 2. The quantitative estimate of drug-likeness (QED) is 0.651. The SMILES string of the molecule is CCC(C)(NC(=O)CCNC(=O)C1CCCC1)C(=O)O. The third kappa shape index (κ3) is 4.51. The highest BCUT2D eigenvalue weighted by atomic mass is 16.4. The Labute approximate surface area is 119 Å². The van der Waals surface area contributed by atoms with Crippen LogP contribution in [0.25, 0.3) is 0 Å². The van der Waals surface area contributed by atoms with Crippen LogP contribution in [0.5, 0.6) is 0 Å². The fourth-order valence-electron chi connectivity index (χ4n) is 2.29. The summed E-state index contributed by atoms with van der Waals surface area (Å²) in [5.41, 5.74) is -1.24. The van der Waals surface area contributed by atoms with Crippen LogP contribution < -0.4 is 10.6 Å². The van der Waals surface area contributed by atoms with Crippen molar-refractivity contribution in [3.63, 3.8) is 0 Å². The molecule has 114 valence electrons. The topological polar surface area (TPSA) is 95.5 Å². The van der Waals surface area contributed by atoms with Gasteiger partial charge in [-0.15, -0.1) is 0 Å². The van der Waals surface area contributed by atoms with Gasteiger partial charge in [-0.25, -0.2) is 4.79 Å². The maximum absolute atomic E-state index is 11.7. The van der Waals surface area contributed by atoms with Gasteiger partial charge in [-0.1, -0.05) is 19.8 Å². The number of hydrogen-bond acceptors (Lipinski definition) is 3. The number of aliphatic carboxylic acids is 1. The number of carboxylic acids is 1. The first-order valence-electron chi connectivity index (χ1n) is 7.21. The normalized spacial score (nSPS) is 18.3. The van der Waals surface area contributed by atoms with E-state index in [2.05, 4.69) is 10.6 Å². The number of nitrogens with one attached hydrogen (secondary N) is 2. The molecule has 0 aromatic rings. The van der Waals surface area contributed by atoms with Gasteiger partial charge in [-0.05, 0) is 26.2 Å². The third-order valence-electron chi connectivity index (χ3n) is 3.97. The molecule has 6 heteroatoms. The number of carboxylic acid groups (broad SMARTS) is 1. The van der Waals surface area contributed by atoms with Crippen molar-refractivity contribution in [2.24, 2.45) is 5.92 Å². The minimum Gasteiger partial charge on any atom is -0.480 e. The standard InChI is InChI=1S/C14H24N2O4/c1-3-14(2,13(19)20)16-11(17)8-9-15-12(18)10-6-4-5-7-10/h10H,3-9H2,1-2H3,(H,15,18)(H,16,17)(H,19,20). The maximum Gasteiger partial charge on any atom is 0.329 e. The Bertz CT molecular complexity index is 377. The predicted molar refractivity (Wildman–Crippen MR) is 74.1 cm³/mol. The molecule has 0 heterocycles. The zero-order valence-corrected chi connectivity index (χ0v) is 12.2. The third-order valence-corrected chi connectivity index (χ3v) is 3.97. The van der Waals surface area contributed by atoms with Gasteiger partial charge in [0, 0.05) is 18.9 Å². The molecular formula is C14H24N2O4. The zero-order chi connectivity index (χ0) is 15.2. The lowest BCUT2D eigenvalue weighted by atomic mass is 9.99.